The number of carbonyl (C=O) groups excluding carboxylic acids is 2. The average molecular weight is 542 g/mol. The number of hydrogen-bond donors (Lipinski definition) is 2. The maximum atomic E-state index is 12.6. The molecule has 0 unspecified atom stereocenters. The molecule has 0 heterocycles. The van der Waals surface area contributed by atoms with Gasteiger partial charge in [-0.15, -0.1) is 0 Å². The van der Waals surface area contributed by atoms with Crippen LogP contribution in [0.2, 0.25) is 0 Å². The van der Waals surface area contributed by atoms with E-state index in [9.17, 15) is 9.59 Å². The SMILES string of the molecule is CCCCCCCCCCCCCC(=O)N(CCC)C(=O)CCCCCCCCCCCCC.OCCO. The Labute approximate surface area is 237 Å². The molecule has 0 atom stereocenters. The first-order valence-corrected chi connectivity index (χ1v) is 16.6. The van der Waals surface area contributed by atoms with Crippen LogP contribution in [0, 0.1) is 0 Å². The lowest BCUT2D eigenvalue weighted by atomic mass is 10.0. The number of imide groups is 1. The van der Waals surface area contributed by atoms with E-state index in [0.717, 1.165) is 32.1 Å². The number of nitrogens with zero attached hydrogens (tertiary/aromatic N) is 1. The van der Waals surface area contributed by atoms with Crippen LogP contribution in [-0.4, -0.2) is 46.7 Å². The van der Waals surface area contributed by atoms with E-state index in [0.29, 0.717) is 19.4 Å². The van der Waals surface area contributed by atoms with E-state index in [-0.39, 0.29) is 25.0 Å². The summed E-state index contributed by atoms with van der Waals surface area (Å²) in [4.78, 5) is 26.8. The second kappa shape index (κ2) is 34.1. The van der Waals surface area contributed by atoms with Gasteiger partial charge in [0, 0.05) is 19.4 Å². The number of rotatable bonds is 27. The maximum absolute atomic E-state index is 12.6. The molecule has 38 heavy (non-hydrogen) atoms. The molecular formula is C33H67NO4. The fraction of sp³-hybridized carbons (Fsp3) is 0.939. The van der Waals surface area contributed by atoms with Crippen molar-refractivity contribution < 1.29 is 19.8 Å². The van der Waals surface area contributed by atoms with E-state index in [1.54, 1.807) is 4.90 Å². The summed E-state index contributed by atoms with van der Waals surface area (Å²) in [6.07, 6.45) is 30.2. The lowest BCUT2D eigenvalue weighted by Gasteiger charge is -2.20. The molecule has 2 amide bonds. The molecule has 0 aliphatic carbocycles. The smallest absolute Gasteiger partial charge is 0.229 e. The first kappa shape index (κ1) is 39.2. The van der Waals surface area contributed by atoms with Gasteiger partial charge in [0.2, 0.25) is 11.8 Å². The third-order valence-corrected chi connectivity index (χ3v) is 7.14. The highest BCUT2D eigenvalue weighted by molar-refractivity contribution is 5.95. The molecule has 0 rings (SSSR count). The quantitative estimate of drug-likeness (QED) is 0.102. The summed E-state index contributed by atoms with van der Waals surface area (Å²) < 4.78 is 0. The largest absolute Gasteiger partial charge is 0.394 e. The van der Waals surface area contributed by atoms with E-state index < -0.39 is 0 Å². The third-order valence-electron chi connectivity index (χ3n) is 7.14. The zero-order valence-electron chi connectivity index (χ0n) is 26.0. The second-order valence-corrected chi connectivity index (χ2v) is 11.0. The summed E-state index contributed by atoms with van der Waals surface area (Å²) in [5.41, 5.74) is 0. The van der Waals surface area contributed by atoms with Gasteiger partial charge in [0.15, 0.2) is 0 Å². The van der Waals surface area contributed by atoms with E-state index in [1.165, 1.54) is 116 Å². The number of amides is 2. The van der Waals surface area contributed by atoms with E-state index in [4.69, 9.17) is 10.2 Å². The molecule has 0 aromatic carbocycles. The summed E-state index contributed by atoms with van der Waals surface area (Å²) in [6.45, 7) is 6.93. The Morgan fingerprint density at radius 3 is 0.921 bits per heavy atom. The molecule has 5 nitrogen and oxygen atoms in total. The van der Waals surface area contributed by atoms with Crippen LogP contribution < -0.4 is 0 Å². The van der Waals surface area contributed by atoms with Gasteiger partial charge in [0.25, 0.3) is 0 Å². The zero-order chi connectivity index (χ0) is 28.5. The van der Waals surface area contributed by atoms with Gasteiger partial charge in [-0.2, -0.15) is 0 Å². The monoisotopic (exact) mass is 542 g/mol. The molecule has 0 bridgehead atoms. The number of unbranched alkanes of at least 4 members (excludes halogenated alkanes) is 20. The van der Waals surface area contributed by atoms with Crippen molar-refractivity contribution in [2.45, 2.75) is 181 Å². The van der Waals surface area contributed by atoms with Gasteiger partial charge in [0.05, 0.1) is 13.2 Å². The van der Waals surface area contributed by atoms with E-state index in [1.807, 2.05) is 0 Å². The van der Waals surface area contributed by atoms with E-state index >= 15 is 0 Å². The van der Waals surface area contributed by atoms with Gasteiger partial charge in [-0.05, 0) is 19.3 Å². The third kappa shape index (κ3) is 29.6. The minimum Gasteiger partial charge on any atom is -0.394 e. The van der Waals surface area contributed by atoms with Crippen molar-refractivity contribution in [2.75, 3.05) is 19.8 Å². The Morgan fingerprint density at radius 1 is 0.421 bits per heavy atom. The van der Waals surface area contributed by atoms with Gasteiger partial charge in [-0.1, -0.05) is 149 Å². The number of hydrogen-bond acceptors (Lipinski definition) is 4. The highest BCUT2D eigenvalue weighted by atomic mass is 16.3. The normalized spacial score (nSPS) is 10.8. The van der Waals surface area contributed by atoms with Crippen LogP contribution in [0.4, 0.5) is 0 Å². The van der Waals surface area contributed by atoms with Gasteiger partial charge < -0.3 is 10.2 Å². The number of aliphatic hydroxyl groups excluding tert-OH is 2. The topological polar surface area (TPSA) is 77.8 Å². The highest BCUT2D eigenvalue weighted by Crippen LogP contribution is 2.15. The molecule has 2 N–H and O–H groups in total. The summed E-state index contributed by atoms with van der Waals surface area (Å²) >= 11 is 0. The molecular weight excluding hydrogens is 474 g/mol. The molecule has 0 spiro atoms. The molecule has 0 saturated carbocycles. The molecule has 0 radical (unpaired) electrons. The summed E-state index contributed by atoms with van der Waals surface area (Å²) in [5.74, 6) is 0.122. The maximum Gasteiger partial charge on any atom is 0.229 e. The lowest BCUT2D eigenvalue weighted by Crippen LogP contribution is -2.37. The molecule has 0 aliphatic rings. The van der Waals surface area contributed by atoms with Crippen molar-refractivity contribution in [1.29, 1.82) is 0 Å². The Kier molecular flexibility index (Phi) is 35.2. The highest BCUT2D eigenvalue weighted by Gasteiger charge is 2.19. The summed E-state index contributed by atoms with van der Waals surface area (Å²) in [7, 11) is 0. The lowest BCUT2D eigenvalue weighted by molar-refractivity contribution is -0.145. The first-order valence-electron chi connectivity index (χ1n) is 16.6. The Hall–Kier alpha value is -0.940. The van der Waals surface area contributed by atoms with Crippen LogP contribution in [0.3, 0.4) is 0 Å². The molecule has 0 aromatic rings. The molecule has 5 heteroatoms. The predicted octanol–water partition coefficient (Wildman–Crippen LogP) is 9.12. The first-order chi connectivity index (χ1) is 18.6. The van der Waals surface area contributed by atoms with Crippen molar-refractivity contribution >= 4 is 11.8 Å². The van der Waals surface area contributed by atoms with Gasteiger partial charge >= 0.3 is 0 Å². The van der Waals surface area contributed by atoms with Crippen LogP contribution in [0.1, 0.15) is 181 Å². The van der Waals surface area contributed by atoms with Gasteiger partial charge in [-0.3, -0.25) is 14.5 Å². The van der Waals surface area contributed by atoms with Gasteiger partial charge in [0.1, 0.15) is 0 Å². The van der Waals surface area contributed by atoms with Crippen molar-refractivity contribution in [3.63, 3.8) is 0 Å². The minimum atomic E-state index is -0.125. The Balaban J connectivity index is 0. The van der Waals surface area contributed by atoms with Crippen LogP contribution >= 0.6 is 0 Å². The Morgan fingerprint density at radius 2 is 0.684 bits per heavy atom. The van der Waals surface area contributed by atoms with Crippen molar-refractivity contribution in [1.82, 2.24) is 4.90 Å². The summed E-state index contributed by atoms with van der Waals surface area (Å²) in [5, 5.41) is 15.2. The zero-order valence-corrected chi connectivity index (χ0v) is 26.0. The summed E-state index contributed by atoms with van der Waals surface area (Å²) in [6, 6.07) is 0. The second-order valence-electron chi connectivity index (χ2n) is 11.0. The van der Waals surface area contributed by atoms with Gasteiger partial charge in [-0.25, -0.2) is 0 Å². The van der Waals surface area contributed by atoms with Crippen molar-refractivity contribution in [3.8, 4) is 0 Å². The average Bonchev–Trinajstić information content (AvgIpc) is 2.93. The molecule has 0 aliphatic heterocycles. The van der Waals surface area contributed by atoms with Crippen molar-refractivity contribution in [2.24, 2.45) is 0 Å². The molecule has 0 aromatic heterocycles. The molecule has 228 valence electrons. The minimum absolute atomic E-state index is 0.0610. The van der Waals surface area contributed by atoms with Crippen LogP contribution in [0.15, 0.2) is 0 Å². The molecule has 0 saturated heterocycles. The Bertz CT molecular complexity index is 444. The van der Waals surface area contributed by atoms with Crippen LogP contribution in [-0.2, 0) is 9.59 Å². The van der Waals surface area contributed by atoms with Crippen molar-refractivity contribution in [3.05, 3.63) is 0 Å². The standard InChI is InChI=1S/C31H61NO2.C2H6O2/c1-4-7-9-11-13-15-17-19-21-23-25-27-30(33)32(29-6-3)31(34)28-26-24-22-20-18-16-14-12-10-8-5-2;3-1-2-4/h4-29H2,1-3H3;3-4H,1-2H2. The number of aliphatic hydroxyl groups is 2. The molecule has 0 fully saturated rings. The fourth-order valence-corrected chi connectivity index (χ4v) is 4.76. The van der Waals surface area contributed by atoms with Crippen LogP contribution in [0.25, 0.3) is 0 Å². The van der Waals surface area contributed by atoms with Crippen LogP contribution in [0.5, 0.6) is 0 Å². The fourth-order valence-electron chi connectivity index (χ4n) is 4.76. The number of carbonyl (C=O) groups is 2. The van der Waals surface area contributed by atoms with E-state index in [2.05, 4.69) is 20.8 Å². The predicted molar refractivity (Wildman–Crippen MR) is 163 cm³/mol.